The van der Waals surface area contributed by atoms with Crippen molar-refractivity contribution in [1.29, 1.82) is 0 Å². The van der Waals surface area contributed by atoms with Gasteiger partial charge in [0.2, 0.25) is 0 Å². The van der Waals surface area contributed by atoms with Crippen LogP contribution in [0.3, 0.4) is 0 Å². The highest BCUT2D eigenvalue weighted by molar-refractivity contribution is 5.84. The molecule has 6 heteroatoms. The van der Waals surface area contributed by atoms with Crippen LogP contribution in [0.4, 0.5) is 23.2 Å². The maximum atomic E-state index is 13.8. The van der Waals surface area contributed by atoms with E-state index in [9.17, 15) is 22.4 Å². The Morgan fingerprint density at radius 1 is 1.32 bits per heavy atom. The van der Waals surface area contributed by atoms with E-state index in [2.05, 4.69) is 0 Å². The first-order valence-corrected chi connectivity index (χ1v) is 5.99. The van der Waals surface area contributed by atoms with E-state index in [1.807, 2.05) is 0 Å². The fraction of sp³-hybridized carbons (Fsp3) is 0.462. The van der Waals surface area contributed by atoms with Gasteiger partial charge in [-0.15, -0.1) is 0 Å². The number of anilines is 1. The fourth-order valence-corrected chi connectivity index (χ4v) is 2.41. The minimum absolute atomic E-state index is 0.0218. The molecule has 104 valence electrons. The number of para-hydroxylation sites is 1. The standard InChI is InChI=1S/C13H13F4NO/c14-11-5-1-3-9(8-19)12(11)18-6-2-4-10(7-18)13(15,16)17/h1,3,5,8,10H,2,4,6-7H2. The van der Waals surface area contributed by atoms with Crippen LogP contribution in [-0.4, -0.2) is 25.6 Å². The third-order valence-electron chi connectivity index (χ3n) is 3.35. The predicted molar refractivity (Wildman–Crippen MR) is 62.8 cm³/mol. The van der Waals surface area contributed by atoms with Crippen molar-refractivity contribution in [1.82, 2.24) is 0 Å². The zero-order valence-electron chi connectivity index (χ0n) is 10.1. The van der Waals surface area contributed by atoms with Gasteiger partial charge in [0.25, 0.3) is 0 Å². The predicted octanol–water partition coefficient (Wildman–Crippen LogP) is 3.42. The summed E-state index contributed by atoms with van der Waals surface area (Å²) in [6.45, 7) is 0.0274. The lowest BCUT2D eigenvalue weighted by Gasteiger charge is -2.35. The van der Waals surface area contributed by atoms with Crippen molar-refractivity contribution in [2.45, 2.75) is 19.0 Å². The third kappa shape index (κ3) is 2.88. The number of alkyl halides is 3. The quantitative estimate of drug-likeness (QED) is 0.609. The molecule has 0 N–H and O–H groups in total. The van der Waals surface area contributed by atoms with E-state index >= 15 is 0 Å². The van der Waals surface area contributed by atoms with E-state index in [1.54, 1.807) is 0 Å². The monoisotopic (exact) mass is 275 g/mol. The van der Waals surface area contributed by atoms with Crippen molar-refractivity contribution in [3.8, 4) is 0 Å². The van der Waals surface area contributed by atoms with Crippen LogP contribution in [0.2, 0.25) is 0 Å². The Kier molecular flexibility index (Phi) is 3.78. The number of hydrogen-bond acceptors (Lipinski definition) is 2. The molecule has 1 aliphatic heterocycles. The fourth-order valence-electron chi connectivity index (χ4n) is 2.41. The maximum Gasteiger partial charge on any atom is 0.393 e. The van der Waals surface area contributed by atoms with E-state index in [0.29, 0.717) is 19.3 Å². The van der Waals surface area contributed by atoms with Gasteiger partial charge in [0.15, 0.2) is 6.29 Å². The third-order valence-corrected chi connectivity index (χ3v) is 3.35. The van der Waals surface area contributed by atoms with Gasteiger partial charge in [-0.3, -0.25) is 4.79 Å². The molecule has 0 radical (unpaired) electrons. The number of carbonyl (C=O) groups excluding carboxylic acids is 1. The van der Waals surface area contributed by atoms with Crippen LogP contribution >= 0.6 is 0 Å². The first-order chi connectivity index (χ1) is 8.93. The Bertz CT molecular complexity index is 472. The van der Waals surface area contributed by atoms with Crippen LogP contribution in [0.15, 0.2) is 18.2 Å². The SMILES string of the molecule is O=Cc1cccc(F)c1N1CCCC(C(F)(F)F)C1. The number of nitrogens with zero attached hydrogens (tertiary/aromatic N) is 1. The molecular formula is C13H13F4NO. The van der Waals surface area contributed by atoms with Crippen LogP contribution < -0.4 is 4.90 Å². The summed E-state index contributed by atoms with van der Waals surface area (Å²) in [4.78, 5) is 12.2. The molecule has 0 aromatic heterocycles. The van der Waals surface area contributed by atoms with E-state index < -0.39 is 17.9 Å². The first kappa shape index (κ1) is 13.8. The summed E-state index contributed by atoms with van der Waals surface area (Å²) in [6, 6.07) is 3.93. The molecule has 0 amide bonds. The van der Waals surface area contributed by atoms with E-state index in [-0.39, 0.29) is 24.2 Å². The largest absolute Gasteiger partial charge is 0.393 e. The summed E-state index contributed by atoms with van der Waals surface area (Å²) in [5.41, 5.74) is 0.0641. The van der Waals surface area contributed by atoms with Gasteiger partial charge in [0.05, 0.1) is 11.6 Å². The number of rotatable bonds is 2. The number of carbonyl (C=O) groups is 1. The Balaban J connectivity index is 2.29. The van der Waals surface area contributed by atoms with Gasteiger partial charge in [-0.25, -0.2) is 4.39 Å². The number of piperidine rings is 1. The van der Waals surface area contributed by atoms with Gasteiger partial charge in [-0.2, -0.15) is 13.2 Å². The van der Waals surface area contributed by atoms with Crippen LogP contribution in [0.5, 0.6) is 0 Å². The Hall–Kier alpha value is -1.59. The zero-order valence-corrected chi connectivity index (χ0v) is 10.1. The van der Waals surface area contributed by atoms with Gasteiger partial charge in [-0.1, -0.05) is 6.07 Å². The summed E-state index contributed by atoms with van der Waals surface area (Å²) in [5.74, 6) is -2.13. The van der Waals surface area contributed by atoms with Gasteiger partial charge < -0.3 is 4.90 Å². The zero-order chi connectivity index (χ0) is 14.0. The highest BCUT2D eigenvalue weighted by atomic mass is 19.4. The summed E-state index contributed by atoms with van der Waals surface area (Å²) < 4.78 is 51.9. The van der Waals surface area contributed by atoms with E-state index in [4.69, 9.17) is 0 Å². The molecule has 1 aromatic carbocycles. The molecule has 2 nitrogen and oxygen atoms in total. The van der Waals surface area contributed by atoms with Crippen molar-refractivity contribution < 1.29 is 22.4 Å². The lowest BCUT2D eigenvalue weighted by Crippen LogP contribution is -2.42. The summed E-state index contributed by atoms with van der Waals surface area (Å²) in [6.07, 6.45) is -3.44. The summed E-state index contributed by atoms with van der Waals surface area (Å²) >= 11 is 0. The van der Waals surface area contributed by atoms with Gasteiger partial charge in [-0.05, 0) is 25.0 Å². The van der Waals surface area contributed by atoms with E-state index in [0.717, 1.165) is 6.07 Å². The number of halogens is 4. The second-order valence-electron chi connectivity index (χ2n) is 4.62. The Morgan fingerprint density at radius 2 is 2.05 bits per heavy atom. The van der Waals surface area contributed by atoms with Crippen molar-refractivity contribution in [3.05, 3.63) is 29.6 Å². The highest BCUT2D eigenvalue weighted by Crippen LogP contribution is 2.36. The lowest BCUT2D eigenvalue weighted by molar-refractivity contribution is -0.176. The van der Waals surface area contributed by atoms with Crippen LogP contribution in [0.25, 0.3) is 0 Å². The molecule has 2 rings (SSSR count). The molecule has 1 unspecified atom stereocenters. The van der Waals surface area contributed by atoms with Gasteiger partial charge in [0.1, 0.15) is 5.82 Å². The molecule has 0 saturated carbocycles. The van der Waals surface area contributed by atoms with Crippen molar-refractivity contribution in [3.63, 3.8) is 0 Å². The van der Waals surface area contributed by atoms with E-state index in [1.165, 1.54) is 17.0 Å². The minimum Gasteiger partial charge on any atom is -0.368 e. The second kappa shape index (κ2) is 5.19. The van der Waals surface area contributed by atoms with Crippen LogP contribution in [0.1, 0.15) is 23.2 Å². The first-order valence-electron chi connectivity index (χ1n) is 5.99. The molecule has 0 spiro atoms. The average Bonchev–Trinajstić information content (AvgIpc) is 2.37. The number of benzene rings is 1. The summed E-state index contributed by atoms with van der Waals surface area (Å²) in [5, 5.41) is 0. The number of aldehydes is 1. The molecule has 1 aliphatic rings. The smallest absolute Gasteiger partial charge is 0.368 e. The molecular weight excluding hydrogens is 262 g/mol. The minimum atomic E-state index is -4.29. The average molecular weight is 275 g/mol. The molecule has 1 aromatic rings. The van der Waals surface area contributed by atoms with Crippen molar-refractivity contribution >= 4 is 12.0 Å². The highest BCUT2D eigenvalue weighted by Gasteiger charge is 2.42. The van der Waals surface area contributed by atoms with Crippen molar-refractivity contribution in [2.75, 3.05) is 18.0 Å². The summed E-state index contributed by atoms with van der Waals surface area (Å²) in [7, 11) is 0. The topological polar surface area (TPSA) is 20.3 Å². The molecule has 1 saturated heterocycles. The Morgan fingerprint density at radius 3 is 2.68 bits per heavy atom. The molecule has 0 bridgehead atoms. The second-order valence-corrected chi connectivity index (χ2v) is 4.62. The molecule has 1 fully saturated rings. The van der Waals surface area contributed by atoms with Gasteiger partial charge >= 0.3 is 6.18 Å². The lowest BCUT2D eigenvalue weighted by atomic mass is 9.96. The van der Waals surface area contributed by atoms with Gasteiger partial charge in [0, 0.05) is 18.7 Å². The van der Waals surface area contributed by atoms with Crippen molar-refractivity contribution in [2.24, 2.45) is 5.92 Å². The van der Waals surface area contributed by atoms with Crippen LogP contribution in [-0.2, 0) is 0 Å². The maximum absolute atomic E-state index is 13.8. The molecule has 1 atom stereocenters. The van der Waals surface area contributed by atoms with Crippen LogP contribution in [0, 0.1) is 11.7 Å². The number of hydrogen-bond donors (Lipinski definition) is 0. The molecule has 19 heavy (non-hydrogen) atoms. The Labute approximate surface area is 108 Å². The normalized spacial score (nSPS) is 20.4. The molecule has 0 aliphatic carbocycles. The molecule has 1 heterocycles.